The van der Waals surface area contributed by atoms with Crippen LogP contribution in [0.4, 0.5) is 5.95 Å². The topological polar surface area (TPSA) is 64.9 Å². The van der Waals surface area contributed by atoms with Crippen molar-refractivity contribution in [1.29, 1.82) is 0 Å². The standard InChI is InChI=1S/C2H2N3O/c3-2-4-1-6-5-2/h(H2,3,5). The molecule has 2 N–H and O–H groups in total. The molecule has 0 amide bonds. The zero-order chi connectivity index (χ0) is 4.41. The largest absolute Gasteiger partial charge is 0.365 e. The summed E-state index contributed by atoms with van der Waals surface area (Å²) in [7, 11) is 0. The number of hydrogen-bond acceptors (Lipinski definition) is 4. The van der Waals surface area contributed by atoms with Crippen LogP contribution < -0.4 is 5.73 Å². The molecule has 0 aliphatic heterocycles. The van der Waals surface area contributed by atoms with Crippen molar-refractivity contribution < 1.29 is 4.52 Å². The van der Waals surface area contributed by atoms with E-state index in [0.717, 1.165) is 0 Å². The molecule has 0 fully saturated rings. The van der Waals surface area contributed by atoms with Crippen LogP contribution in [0.1, 0.15) is 0 Å². The molecule has 1 heterocycles. The zero-order valence-corrected chi connectivity index (χ0v) is 2.88. The van der Waals surface area contributed by atoms with Crippen LogP contribution >= 0.6 is 0 Å². The third-order valence-corrected chi connectivity index (χ3v) is 0.340. The summed E-state index contributed by atoms with van der Waals surface area (Å²) >= 11 is 0. The molecule has 0 saturated carbocycles. The Labute approximate surface area is 34.0 Å². The number of rotatable bonds is 0. The number of hydrogen-bond donors (Lipinski definition) is 1. The Hall–Kier alpha value is -1.06. The fraction of sp³-hybridized carbons (Fsp3) is 0. The van der Waals surface area contributed by atoms with Gasteiger partial charge in [0.25, 0.3) is 5.95 Å². The van der Waals surface area contributed by atoms with E-state index in [9.17, 15) is 0 Å². The van der Waals surface area contributed by atoms with Gasteiger partial charge in [-0.15, -0.1) is 0 Å². The number of nitrogens with two attached hydrogens (primary N) is 1. The van der Waals surface area contributed by atoms with E-state index in [1.807, 2.05) is 0 Å². The first-order valence-corrected chi connectivity index (χ1v) is 1.35. The van der Waals surface area contributed by atoms with Crippen LogP contribution in [-0.4, -0.2) is 10.1 Å². The lowest BCUT2D eigenvalue weighted by Gasteiger charge is -1.62. The monoisotopic (exact) mass is 84.0 g/mol. The average Bonchev–Trinajstić information content (AvgIpc) is 1.86. The maximum absolute atomic E-state index is 4.93. The first kappa shape index (κ1) is 3.14. The molecule has 1 radical (unpaired) electrons. The van der Waals surface area contributed by atoms with Gasteiger partial charge in [-0.3, -0.25) is 0 Å². The van der Waals surface area contributed by atoms with Crippen LogP contribution in [-0.2, 0) is 0 Å². The molecule has 4 nitrogen and oxygen atoms in total. The van der Waals surface area contributed by atoms with Crippen LogP contribution in [0.2, 0.25) is 0 Å². The van der Waals surface area contributed by atoms with Crippen molar-refractivity contribution in [3.05, 3.63) is 6.39 Å². The van der Waals surface area contributed by atoms with Crippen molar-refractivity contribution >= 4 is 5.95 Å². The van der Waals surface area contributed by atoms with Gasteiger partial charge in [0.1, 0.15) is 0 Å². The minimum absolute atomic E-state index is 0.120. The molecule has 31 valence electrons. The maximum atomic E-state index is 4.93. The fourth-order valence-corrected chi connectivity index (χ4v) is 0.155. The van der Waals surface area contributed by atoms with E-state index < -0.39 is 0 Å². The van der Waals surface area contributed by atoms with Gasteiger partial charge < -0.3 is 10.3 Å². The van der Waals surface area contributed by atoms with E-state index in [1.165, 1.54) is 0 Å². The normalized spacial score (nSPS) is 8.67. The molecule has 0 spiro atoms. The summed E-state index contributed by atoms with van der Waals surface area (Å²) in [6, 6.07) is 0. The van der Waals surface area contributed by atoms with Gasteiger partial charge in [0, 0.05) is 0 Å². The van der Waals surface area contributed by atoms with E-state index in [0.29, 0.717) is 0 Å². The number of nitrogens with zero attached hydrogens (tertiary/aromatic N) is 2. The molecule has 0 saturated heterocycles. The lowest BCUT2D eigenvalue weighted by Crippen LogP contribution is -1.83. The zero-order valence-electron chi connectivity index (χ0n) is 2.88. The maximum Gasteiger partial charge on any atom is 0.318 e. The van der Waals surface area contributed by atoms with Crippen molar-refractivity contribution in [1.82, 2.24) is 10.1 Å². The SMILES string of the molecule is Nc1n[c]on1. The van der Waals surface area contributed by atoms with Crippen LogP contribution in [0.25, 0.3) is 0 Å². The fourth-order valence-electron chi connectivity index (χ4n) is 0.155. The Balaban J connectivity index is 3.05. The second-order valence-corrected chi connectivity index (χ2v) is 0.744. The third kappa shape index (κ3) is 0.314. The molecule has 0 unspecified atom stereocenters. The van der Waals surface area contributed by atoms with Gasteiger partial charge in [-0.1, -0.05) is 0 Å². The number of aromatic nitrogens is 2. The number of nitrogen functional groups attached to an aromatic ring is 1. The second kappa shape index (κ2) is 0.965. The van der Waals surface area contributed by atoms with Gasteiger partial charge in [0.2, 0.25) is 0 Å². The molecule has 6 heavy (non-hydrogen) atoms. The van der Waals surface area contributed by atoms with Crippen LogP contribution in [0.15, 0.2) is 4.52 Å². The summed E-state index contributed by atoms with van der Waals surface area (Å²) in [5, 5.41) is 3.15. The highest BCUT2D eigenvalue weighted by atomic mass is 16.5. The van der Waals surface area contributed by atoms with Gasteiger partial charge >= 0.3 is 6.39 Å². The highest BCUT2D eigenvalue weighted by Gasteiger charge is 1.81. The van der Waals surface area contributed by atoms with Crippen molar-refractivity contribution in [2.75, 3.05) is 5.73 Å². The summed E-state index contributed by atoms with van der Waals surface area (Å²) < 4.78 is 4.10. The molecule has 1 aromatic rings. The van der Waals surface area contributed by atoms with Gasteiger partial charge in [-0.25, -0.2) is 0 Å². The second-order valence-electron chi connectivity index (χ2n) is 0.744. The van der Waals surface area contributed by atoms with Crippen molar-refractivity contribution in [2.24, 2.45) is 0 Å². The Morgan fingerprint density at radius 2 is 2.67 bits per heavy atom. The molecule has 0 aliphatic carbocycles. The molecular weight excluding hydrogens is 82.0 g/mol. The molecule has 0 bridgehead atoms. The molecule has 0 aromatic carbocycles. The van der Waals surface area contributed by atoms with Gasteiger partial charge in [-0.05, 0) is 5.16 Å². The minimum atomic E-state index is 0.120. The molecule has 0 aliphatic rings. The third-order valence-electron chi connectivity index (χ3n) is 0.340. The predicted octanol–water partition coefficient (Wildman–Crippen LogP) is -0.548. The van der Waals surface area contributed by atoms with Crippen LogP contribution in [0, 0.1) is 6.39 Å². The highest BCUT2D eigenvalue weighted by molar-refractivity contribution is 5.06. The van der Waals surface area contributed by atoms with Gasteiger partial charge in [0.05, 0.1) is 0 Å². The Morgan fingerprint density at radius 1 is 1.83 bits per heavy atom. The predicted molar refractivity (Wildman–Crippen MR) is 17.5 cm³/mol. The Morgan fingerprint density at radius 3 is 2.83 bits per heavy atom. The van der Waals surface area contributed by atoms with Crippen LogP contribution in [0.3, 0.4) is 0 Å². The van der Waals surface area contributed by atoms with Crippen molar-refractivity contribution in [3.63, 3.8) is 0 Å². The van der Waals surface area contributed by atoms with E-state index in [-0.39, 0.29) is 5.95 Å². The quantitative estimate of drug-likeness (QED) is 0.458. The first-order chi connectivity index (χ1) is 2.89. The summed E-state index contributed by atoms with van der Waals surface area (Å²) in [6.45, 7) is 0. The van der Waals surface area contributed by atoms with E-state index in [2.05, 4.69) is 21.1 Å². The highest BCUT2D eigenvalue weighted by Crippen LogP contribution is 1.80. The summed E-state index contributed by atoms with van der Waals surface area (Å²) in [5.74, 6) is 0.120. The molecule has 4 heteroatoms. The first-order valence-electron chi connectivity index (χ1n) is 1.35. The molecular formula is C2H2N3O. The Kier molecular flexibility index (Phi) is 0.506. The lowest BCUT2D eigenvalue weighted by molar-refractivity contribution is 0.412. The van der Waals surface area contributed by atoms with Gasteiger partial charge in [-0.2, -0.15) is 4.98 Å². The van der Waals surface area contributed by atoms with E-state index in [1.54, 1.807) is 0 Å². The van der Waals surface area contributed by atoms with Crippen LogP contribution in [0.5, 0.6) is 0 Å². The molecule has 1 rings (SSSR count). The van der Waals surface area contributed by atoms with Crippen molar-refractivity contribution in [3.8, 4) is 0 Å². The van der Waals surface area contributed by atoms with E-state index in [4.69, 9.17) is 5.73 Å². The minimum Gasteiger partial charge on any atom is -0.365 e. The van der Waals surface area contributed by atoms with E-state index >= 15 is 0 Å². The summed E-state index contributed by atoms with van der Waals surface area (Å²) in [5.41, 5.74) is 4.93. The lowest BCUT2D eigenvalue weighted by atomic mass is 11.1. The summed E-state index contributed by atoms with van der Waals surface area (Å²) in [6.07, 6.45) is 2.07. The van der Waals surface area contributed by atoms with Crippen molar-refractivity contribution in [2.45, 2.75) is 0 Å². The summed E-state index contributed by atoms with van der Waals surface area (Å²) in [4.78, 5) is 3.29. The molecule has 0 atom stereocenters. The molecule has 1 aromatic heterocycles. The number of anilines is 1. The smallest absolute Gasteiger partial charge is 0.318 e. The Bertz CT molecular complexity index is 112. The average molecular weight is 84.1 g/mol. The van der Waals surface area contributed by atoms with Gasteiger partial charge in [0.15, 0.2) is 0 Å².